The number of carbonyl (C=O) groups excluding carboxylic acids is 1. The number of aliphatic hydroxyl groups excluding tert-OH is 2. The monoisotopic (exact) mass is 481 g/mol. The van der Waals surface area contributed by atoms with E-state index in [9.17, 15) is 15.0 Å². The molecule has 1 aliphatic carbocycles. The van der Waals surface area contributed by atoms with E-state index in [0.717, 1.165) is 22.3 Å². The third-order valence-electron chi connectivity index (χ3n) is 6.34. The average Bonchev–Trinajstić information content (AvgIpc) is 3.24. The van der Waals surface area contributed by atoms with Crippen LogP contribution in [0.5, 0.6) is 11.5 Å². The van der Waals surface area contributed by atoms with Crippen molar-refractivity contribution >= 4 is 6.09 Å². The highest BCUT2D eigenvalue weighted by molar-refractivity contribution is 5.79. The smallest absolute Gasteiger partial charge is 0.407 e. The lowest BCUT2D eigenvalue weighted by Gasteiger charge is -2.20. The highest BCUT2D eigenvalue weighted by atomic mass is 16.5. The first-order chi connectivity index (χ1) is 17.6. The van der Waals surface area contributed by atoms with Gasteiger partial charge in [0.25, 0.3) is 0 Å². The molecule has 4 aromatic rings. The van der Waals surface area contributed by atoms with Gasteiger partial charge in [0, 0.05) is 12.5 Å². The van der Waals surface area contributed by atoms with Crippen molar-refractivity contribution in [2.24, 2.45) is 0 Å². The van der Waals surface area contributed by atoms with Crippen LogP contribution in [0.1, 0.15) is 28.7 Å². The van der Waals surface area contributed by atoms with Crippen molar-refractivity contribution in [1.29, 1.82) is 0 Å². The van der Waals surface area contributed by atoms with E-state index in [-0.39, 0.29) is 19.1 Å². The standard InChI is InChI=1S/C30H27NO5/c32-28(29(33)20-9-8-12-22(17-20)36-21-10-2-1-3-11-21)18-31-30(34)35-19-27-25-15-6-4-13-23(25)24-14-5-7-16-26(24)27/h1-17,27-29,32-33H,18-19H2,(H,31,34). The number of hydrogen-bond donors (Lipinski definition) is 3. The Hall–Kier alpha value is -4.13. The molecule has 0 saturated carbocycles. The van der Waals surface area contributed by atoms with E-state index in [2.05, 4.69) is 29.6 Å². The van der Waals surface area contributed by atoms with Gasteiger partial charge in [0.15, 0.2) is 0 Å². The summed E-state index contributed by atoms with van der Waals surface area (Å²) in [5, 5.41) is 23.7. The zero-order chi connectivity index (χ0) is 24.9. The number of para-hydroxylation sites is 1. The second kappa shape index (κ2) is 10.6. The molecule has 182 valence electrons. The molecule has 6 heteroatoms. The quantitative estimate of drug-likeness (QED) is 0.313. The number of ether oxygens (including phenoxy) is 2. The Balaban J connectivity index is 1.15. The molecule has 0 spiro atoms. The van der Waals surface area contributed by atoms with Crippen LogP contribution in [0.4, 0.5) is 4.79 Å². The molecule has 0 fully saturated rings. The minimum atomic E-state index is -1.22. The molecule has 0 saturated heterocycles. The largest absolute Gasteiger partial charge is 0.457 e. The highest BCUT2D eigenvalue weighted by Crippen LogP contribution is 2.44. The number of benzene rings is 4. The van der Waals surface area contributed by atoms with Crippen LogP contribution in [0.2, 0.25) is 0 Å². The first kappa shape index (κ1) is 23.6. The summed E-state index contributed by atoms with van der Waals surface area (Å²) in [7, 11) is 0. The fourth-order valence-electron chi connectivity index (χ4n) is 4.56. The molecule has 6 nitrogen and oxygen atoms in total. The second-order valence-corrected chi connectivity index (χ2v) is 8.71. The maximum atomic E-state index is 12.4. The molecule has 4 aromatic carbocycles. The fourth-order valence-corrected chi connectivity index (χ4v) is 4.56. The summed E-state index contributed by atoms with van der Waals surface area (Å²) in [6.07, 6.45) is -3.08. The van der Waals surface area contributed by atoms with Crippen molar-refractivity contribution in [3.05, 3.63) is 120 Å². The Morgan fingerprint density at radius 2 is 1.39 bits per heavy atom. The van der Waals surface area contributed by atoms with Gasteiger partial charge in [-0.15, -0.1) is 0 Å². The van der Waals surface area contributed by atoms with Gasteiger partial charge >= 0.3 is 6.09 Å². The highest BCUT2D eigenvalue weighted by Gasteiger charge is 2.29. The molecule has 36 heavy (non-hydrogen) atoms. The van der Waals surface area contributed by atoms with Gasteiger partial charge in [0.2, 0.25) is 0 Å². The van der Waals surface area contributed by atoms with Crippen LogP contribution in [0.25, 0.3) is 11.1 Å². The summed E-state index contributed by atoms with van der Waals surface area (Å²) in [5.41, 5.74) is 5.03. The van der Waals surface area contributed by atoms with Gasteiger partial charge < -0.3 is 25.0 Å². The third-order valence-corrected chi connectivity index (χ3v) is 6.34. The van der Waals surface area contributed by atoms with Crippen LogP contribution in [-0.4, -0.2) is 35.6 Å². The Kier molecular flexibility index (Phi) is 6.98. The molecular weight excluding hydrogens is 454 g/mol. The van der Waals surface area contributed by atoms with Gasteiger partial charge in [0.1, 0.15) is 30.3 Å². The van der Waals surface area contributed by atoms with Gasteiger partial charge in [0.05, 0.1) is 0 Å². The molecular formula is C30H27NO5. The number of nitrogens with one attached hydrogen (secondary N) is 1. The minimum absolute atomic E-state index is 0.0500. The SMILES string of the molecule is O=C(NCC(O)C(O)c1cccc(Oc2ccccc2)c1)OCC1c2ccccc2-c2ccccc21. The van der Waals surface area contributed by atoms with Crippen LogP contribution in [0, 0.1) is 0 Å². The van der Waals surface area contributed by atoms with Crippen LogP contribution < -0.4 is 10.1 Å². The molecule has 0 aromatic heterocycles. The summed E-state index contributed by atoms with van der Waals surface area (Å²) >= 11 is 0. The molecule has 0 radical (unpaired) electrons. The maximum absolute atomic E-state index is 12.4. The molecule has 1 amide bonds. The van der Waals surface area contributed by atoms with E-state index in [0.29, 0.717) is 17.1 Å². The zero-order valence-electron chi connectivity index (χ0n) is 19.6. The predicted octanol–water partition coefficient (Wildman–Crippen LogP) is 5.41. The number of carbonyl (C=O) groups is 1. The summed E-state index contributed by atoms with van der Waals surface area (Å²) < 4.78 is 11.3. The van der Waals surface area contributed by atoms with E-state index in [1.165, 1.54) is 0 Å². The van der Waals surface area contributed by atoms with Crippen molar-refractivity contribution in [1.82, 2.24) is 5.32 Å². The number of hydrogen-bond acceptors (Lipinski definition) is 5. The lowest BCUT2D eigenvalue weighted by molar-refractivity contribution is 0.0184. The minimum Gasteiger partial charge on any atom is -0.457 e. The normalized spacial score (nSPS) is 13.8. The summed E-state index contributed by atoms with van der Waals surface area (Å²) in [5.74, 6) is 1.15. The lowest BCUT2D eigenvalue weighted by Crippen LogP contribution is -2.36. The molecule has 3 N–H and O–H groups in total. The second-order valence-electron chi connectivity index (χ2n) is 8.71. The fraction of sp³-hybridized carbons (Fsp3) is 0.167. The van der Waals surface area contributed by atoms with Crippen LogP contribution in [0.15, 0.2) is 103 Å². The summed E-state index contributed by atoms with van der Waals surface area (Å²) in [6.45, 7) is 0.0129. The molecule has 2 unspecified atom stereocenters. The third kappa shape index (κ3) is 5.10. The predicted molar refractivity (Wildman–Crippen MR) is 137 cm³/mol. The van der Waals surface area contributed by atoms with E-state index >= 15 is 0 Å². The van der Waals surface area contributed by atoms with Crippen LogP contribution >= 0.6 is 0 Å². The maximum Gasteiger partial charge on any atom is 0.407 e. The van der Waals surface area contributed by atoms with E-state index in [1.54, 1.807) is 24.3 Å². The molecule has 0 aliphatic heterocycles. The average molecular weight is 482 g/mol. The Morgan fingerprint density at radius 1 is 0.778 bits per heavy atom. The zero-order valence-corrected chi connectivity index (χ0v) is 19.6. The van der Waals surface area contributed by atoms with E-state index in [1.807, 2.05) is 54.6 Å². The first-order valence-corrected chi connectivity index (χ1v) is 11.9. The summed E-state index contributed by atoms with van der Waals surface area (Å²) in [4.78, 5) is 12.4. The number of rotatable bonds is 8. The van der Waals surface area contributed by atoms with Gasteiger partial charge in [-0.05, 0) is 52.1 Å². The number of amides is 1. The topological polar surface area (TPSA) is 88.0 Å². The van der Waals surface area contributed by atoms with E-state index < -0.39 is 18.3 Å². The molecule has 0 heterocycles. The number of aliphatic hydroxyl groups is 2. The Labute approximate surface area is 209 Å². The first-order valence-electron chi connectivity index (χ1n) is 11.9. The van der Waals surface area contributed by atoms with Crippen LogP contribution in [-0.2, 0) is 4.74 Å². The van der Waals surface area contributed by atoms with Gasteiger partial charge in [-0.3, -0.25) is 0 Å². The van der Waals surface area contributed by atoms with Crippen molar-refractivity contribution in [2.75, 3.05) is 13.2 Å². The number of alkyl carbamates (subject to hydrolysis) is 1. The Bertz CT molecular complexity index is 1290. The lowest BCUT2D eigenvalue weighted by atomic mass is 9.98. The van der Waals surface area contributed by atoms with Crippen molar-refractivity contribution < 1.29 is 24.5 Å². The Morgan fingerprint density at radius 3 is 2.08 bits per heavy atom. The summed E-state index contributed by atoms with van der Waals surface area (Å²) in [6, 6.07) is 32.4. The van der Waals surface area contributed by atoms with Crippen LogP contribution in [0.3, 0.4) is 0 Å². The number of fused-ring (bicyclic) bond motifs is 3. The van der Waals surface area contributed by atoms with Gasteiger partial charge in [-0.1, -0.05) is 78.9 Å². The van der Waals surface area contributed by atoms with Crippen molar-refractivity contribution in [3.63, 3.8) is 0 Å². The van der Waals surface area contributed by atoms with Crippen molar-refractivity contribution in [2.45, 2.75) is 18.1 Å². The van der Waals surface area contributed by atoms with Gasteiger partial charge in [-0.25, -0.2) is 4.79 Å². The molecule has 2 atom stereocenters. The molecule has 0 bridgehead atoms. The van der Waals surface area contributed by atoms with E-state index in [4.69, 9.17) is 9.47 Å². The van der Waals surface area contributed by atoms with Crippen molar-refractivity contribution in [3.8, 4) is 22.6 Å². The molecule has 1 aliphatic rings. The molecule has 5 rings (SSSR count). The van der Waals surface area contributed by atoms with Gasteiger partial charge in [-0.2, -0.15) is 0 Å².